The fourth-order valence-corrected chi connectivity index (χ4v) is 3.88. The molecule has 1 aliphatic rings. The Morgan fingerprint density at radius 3 is 2.20 bits per heavy atom. The monoisotopic (exact) mass is 402 g/mol. The van der Waals surface area contributed by atoms with Gasteiger partial charge in [-0.3, -0.25) is 14.5 Å². The molecule has 152 valence electrons. The number of rotatable bonds is 3. The Morgan fingerprint density at radius 2 is 1.50 bits per heavy atom. The number of hydrogen-bond donors (Lipinski definition) is 0. The second-order valence-electron chi connectivity index (χ2n) is 7.67. The van der Waals surface area contributed by atoms with Crippen LogP contribution in [-0.2, 0) is 9.59 Å². The molecule has 3 aromatic rings. The van der Waals surface area contributed by atoms with Gasteiger partial charge in [-0.1, -0.05) is 54.1 Å². The summed E-state index contributed by atoms with van der Waals surface area (Å²) in [5.74, 6) is -1.11. The van der Waals surface area contributed by atoms with Crippen molar-refractivity contribution in [2.75, 3.05) is 16.3 Å². The molecule has 1 fully saturated rings. The summed E-state index contributed by atoms with van der Waals surface area (Å²) in [5.41, 5.74) is 4.49. The average molecular weight is 402 g/mol. The molecule has 5 heteroatoms. The molecule has 1 atom stereocenters. The number of carbonyl (C=O) groups is 2. The van der Waals surface area contributed by atoms with Gasteiger partial charge in [-0.15, -0.1) is 0 Å². The summed E-state index contributed by atoms with van der Waals surface area (Å²) in [7, 11) is 0. The number of aryl methyl sites for hydroxylation is 2. The van der Waals surface area contributed by atoms with Gasteiger partial charge in [0.05, 0.1) is 5.69 Å². The number of amides is 2. The molecule has 1 aliphatic heterocycles. The molecule has 0 radical (unpaired) electrons. The van der Waals surface area contributed by atoms with E-state index in [1.54, 1.807) is 12.1 Å². The molecule has 4 rings (SSSR count). The summed E-state index contributed by atoms with van der Waals surface area (Å²) < 4.78 is 14.6. The predicted molar refractivity (Wildman–Crippen MR) is 116 cm³/mol. The van der Waals surface area contributed by atoms with Crippen molar-refractivity contribution in [3.8, 4) is 0 Å². The highest BCUT2D eigenvalue weighted by atomic mass is 19.1. The van der Waals surface area contributed by atoms with Gasteiger partial charge in [0, 0.05) is 5.69 Å². The molecular formula is C25H23FN2O2. The van der Waals surface area contributed by atoms with Crippen molar-refractivity contribution in [2.24, 2.45) is 0 Å². The largest absolute Gasteiger partial charge is 0.301 e. The van der Waals surface area contributed by atoms with Crippen LogP contribution in [-0.4, -0.2) is 18.4 Å². The molecule has 0 aromatic heterocycles. The van der Waals surface area contributed by atoms with Crippen LogP contribution in [0.3, 0.4) is 0 Å². The lowest BCUT2D eigenvalue weighted by Gasteiger charge is -2.41. The fraction of sp³-hybridized carbons (Fsp3) is 0.200. The molecular weight excluding hydrogens is 379 g/mol. The third kappa shape index (κ3) is 3.36. The lowest BCUT2D eigenvalue weighted by atomic mass is 9.97. The van der Waals surface area contributed by atoms with Crippen molar-refractivity contribution in [3.63, 3.8) is 0 Å². The molecule has 30 heavy (non-hydrogen) atoms. The lowest BCUT2D eigenvalue weighted by Crippen LogP contribution is -2.56. The molecule has 0 bridgehead atoms. The lowest BCUT2D eigenvalue weighted by molar-refractivity contribution is -0.128. The first-order chi connectivity index (χ1) is 14.4. The van der Waals surface area contributed by atoms with Gasteiger partial charge in [-0.25, -0.2) is 4.39 Å². The molecule has 1 heterocycles. The zero-order chi connectivity index (χ0) is 21.4. The molecule has 1 saturated heterocycles. The summed E-state index contributed by atoms with van der Waals surface area (Å²) in [6.45, 7) is 5.72. The van der Waals surface area contributed by atoms with E-state index in [1.165, 1.54) is 21.9 Å². The van der Waals surface area contributed by atoms with Crippen LogP contribution < -0.4 is 9.80 Å². The Balaban J connectivity index is 1.86. The third-order valence-electron chi connectivity index (χ3n) is 5.69. The van der Waals surface area contributed by atoms with Gasteiger partial charge < -0.3 is 4.90 Å². The van der Waals surface area contributed by atoms with E-state index < -0.39 is 11.9 Å². The zero-order valence-corrected chi connectivity index (χ0v) is 17.2. The van der Waals surface area contributed by atoms with Gasteiger partial charge in [-0.05, 0) is 55.7 Å². The van der Waals surface area contributed by atoms with Crippen molar-refractivity contribution in [1.82, 2.24) is 0 Å². The molecule has 3 aromatic carbocycles. The van der Waals surface area contributed by atoms with Gasteiger partial charge in [0.1, 0.15) is 18.4 Å². The highest BCUT2D eigenvalue weighted by Gasteiger charge is 2.43. The van der Waals surface area contributed by atoms with E-state index >= 15 is 0 Å². The second kappa shape index (κ2) is 7.75. The molecule has 0 spiro atoms. The fourth-order valence-electron chi connectivity index (χ4n) is 3.88. The predicted octanol–water partition coefficient (Wildman–Crippen LogP) is 4.87. The van der Waals surface area contributed by atoms with Gasteiger partial charge in [0.15, 0.2) is 0 Å². The first kappa shape index (κ1) is 19.8. The highest BCUT2D eigenvalue weighted by molar-refractivity contribution is 6.14. The van der Waals surface area contributed by atoms with Crippen LogP contribution >= 0.6 is 0 Å². The Hall–Kier alpha value is -3.47. The van der Waals surface area contributed by atoms with E-state index in [0.29, 0.717) is 11.3 Å². The summed E-state index contributed by atoms with van der Waals surface area (Å²) in [5, 5.41) is 0. The normalized spacial score (nSPS) is 16.9. The number of hydrogen-bond acceptors (Lipinski definition) is 2. The number of benzene rings is 3. The number of anilines is 2. The zero-order valence-electron chi connectivity index (χ0n) is 17.2. The van der Waals surface area contributed by atoms with E-state index in [2.05, 4.69) is 0 Å². The minimum absolute atomic E-state index is 0.113. The summed E-state index contributed by atoms with van der Waals surface area (Å²) in [6.07, 6.45) is 0. The van der Waals surface area contributed by atoms with Crippen molar-refractivity contribution in [2.45, 2.75) is 26.8 Å². The quantitative estimate of drug-likeness (QED) is 0.627. The molecule has 0 aliphatic carbocycles. The SMILES string of the molecule is Cc1ccc([C@@H]2C(=O)N(c3cccc(C)c3C)CC(=O)N2c2ccccc2F)cc1. The van der Waals surface area contributed by atoms with E-state index in [9.17, 15) is 14.0 Å². The Kier molecular flexibility index (Phi) is 5.12. The average Bonchev–Trinajstić information content (AvgIpc) is 2.73. The number of halogens is 1. The first-order valence-corrected chi connectivity index (χ1v) is 9.89. The highest BCUT2D eigenvalue weighted by Crippen LogP contribution is 2.36. The summed E-state index contributed by atoms with van der Waals surface area (Å²) in [6, 6.07) is 18.3. The first-order valence-electron chi connectivity index (χ1n) is 9.89. The standard InChI is InChI=1S/C25H23FN2O2/c1-16-11-13-19(14-12-16)24-25(30)27(21-10-6-7-17(2)18(21)3)15-23(29)28(24)22-9-5-4-8-20(22)26/h4-14,24H,15H2,1-3H3/t24-/m1/s1. The third-order valence-corrected chi connectivity index (χ3v) is 5.69. The number of para-hydroxylation sites is 1. The maximum Gasteiger partial charge on any atom is 0.255 e. The minimum Gasteiger partial charge on any atom is -0.301 e. The topological polar surface area (TPSA) is 40.6 Å². The second-order valence-corrected chi connectivity index (χ2v) is 7.67. The molecule has 0 saturated carbocycles. The van der Waals surface area contributed by atoms with Crippen LogP contribution in [0.2, 0.25) is 0 Å². The Bertz CT molecular complexity index is 1120. The maximum absolute atomic E-state index is 14.6. The Morgan fingerprint density at radius 1 is 0.833 bits per heavy atom. The van der Waals surface area contributed by atoms with Crippen molar-refractivity contribution >= 4 is 23.2 Å². The molecule has 0 unspecified atom stereocenters. The maximum atomic E-state index is 14.6. The van der Waals surface area contributed by atoms with E-state index in [1.807, 2.05) is 63.2 Å². The molecule has 2 amide bonds. The van der Waals surface area contributed by atoms with Gasteiger partial charge in [-0.2, -0.15) is 0 Å². The van der Waals surface area contributed by atoms with Crippen LogP contribution in [0.4, 0.5) is 15.8 Å². The van der Waals surface area contributed by atoms with E-state index in [0.717, 1.165) is 16.7 Å². The van der Waals surface area contributed by atoms with Gasteiger partial charge in [0.2, 0.25) is 5.91 Å². The summed E-state index contributed by atoms with van der Waals surface area (Å²) in [4.78, 5) is 29.8. The van der Waals surface area contributed by atoms with Crippen molar-refractivity contribution in [1.29, 1.82) is 0 Å². The molecule has 4 nitrogen and oxygen atoms in total. The van der Waals surface area contributed by atoms with Crippen LogP contribution in [0, 0.1) is 26.6 Å². The van der Waals surface area contributed by atoms with Crippen LogP contribution in [0.5, 0.6) is 0 Å². The van der Waals surface area contributed by atoms with Gasteiger partial charge in [0.25, 0.3) is 5.91 Å². The number of piperazine rings is 1. The van der Waals surface area contributed by atoms with Gasteiger partial charge >= 0.3 is 0 Å². The number of nitrogens with zero attached hydrogens (tertiary/aromatic N) is 2. The van der Waals surface area contributed by atoms with E-state index in [4.69, 9.17) is 0 Å². The number of carbonyl (C=O) groups excluding carboxylic acids is 2. The van der Waals surface area contributed by atoms with Crippen LogP contribution in [0.1, 0.15) is 28.3 Å². The van der Waals surface area contributed by atoms with Crippen LogP contribution in [0.15, 0.2) is 66.7 Å². The van der Waals surface area contributed by atoms with Crippen molar-refractivity contribution in [3.05, 3.63) is 94.8 Å². The summed E-state index contributed by atoms with van der Waals surface area (Å²) >= 11 is 0. The molecule has 0 N–H and O–H groups in total. The Labute approximate surface area is 175 Å². The van der Waals surface area contributed by atoms with Crippen molar-refractivity contribution < 1.29 is 14.0 Å². The van der Waals surface area contributed by atoms with E-state index in [-0.39, 0.29) is 24.0 Å². The smallest absolute Gasteiger partial charge is 0.255 e. The minimum atomic E-state index is -0.941. The van der Waals surface area contributed by atoms with Crippen LogP contribution in [0.25, 0.3) is 0 Å².